The van der Waals surface area contributed by atoms with Crippen molar-refractivity contribution in [3.8, 4) is 5.75 Å². The Bertz CT molecular complexity index is 841. The second-order valence-corrected chi connectivity index (χ2v) is 7.54. The van der Waals surface area contributed by atoms with Crippen molar-refractivity contribution < 1.29 is 19.1 Å². The van der Waals surface area contributed by atoms with Crippen molar-refractivity contribution >= 4 is 28.2 Å². The van der Waals surface area contributed by atoms with E-state index >= 15 is 0 Å². The van der Waals surface area contributed by atoms with Crippen LogP contribution in [0.5, 0.6) is 5.75 Å². The molecule has 0 bridgehead atoms. The van der Waals surface area contributed by atoms with Crippen LogP contribution in [0.25, 0.3) is 0 Å². The van der Waals surface area contributed by atoms with Crippen LogP contribution >= 0.6 is 11.3 Å². The van der Waals surface area contributed by atoms with Crippen molar-refractivity contribution in [1.29, 1.82) is 0 Å². The van der Waals surface area contributed by atoms with Gasteiger partial charge in [-0.05, 0) is 55.4 Å². The number of fused-ring (bicyclic) bond motifs is 1. The number of amides is 1. The van der Waals surface area contributed by atoms with E-state index in [9.17, 15) is 9.59 Å². The van der Waals surface area contributed by atoms with Gasteiger partial charge in [-0.3, -0.25) is 4.79 Å². The summed E-state index contributed by atoms with van der Waals surface area (Å²) in [6, 6.07) is 5.69. The fourth-order valence-electron chi connectivity index (χ4n) is 3.38. The molecule has 1 aliphatic carbocycles. The lowest BCUT2D eigenvalue weighted by Gasteiger charge is -2.12. The van der Waals surface area contributed by atoms with Gasteiger partial charge in [0.1, 0.15) is 10.8 Å². The van der Waals surface area contributed by atoms with Crippen molar-refractivity contribution in [3.63, 3.8) is 0 Å². The Morgan fingerprint density at radius 1 is 1.19 bits per heavy atom. The fourth-order valence-corrected chi connectivity index (χ4v) is 4.67. The highest BCUT2D eigenvalue weighted by molar-refractivity contribution is 7.17. The highest BCUT2D eigenvalue weighted by atomic mass is 32.1. The van der Waals surface area contributed by atoms with Gasteiger partial charge in [0.2, 0.25) is 5.91 Å². The molecule has 26 heavy (non-hydrogen) atoms. The summed E-state index contributed by atoms with van der Waals surface area (Å²) in [4.78, 5) is 26.0. The number of carbonyl (C=O) groups excluding carboxylic acids is 2. The zero-order valence-corrected chi connectivity index (χ0v) is 16.1. The number of carbonyl (C=O) groups is 2. The van der Waals surface area contributed by atoms with Crippen LogP contribution in [-0.2, 0) is 28.8 Å². The average molecular weight is 373 g/mol. The number of hydrogen-bond donors (Lipinski definition) is 1. The van der Waals surface area contributed by atoms with Gasteiger partial charge in [-0.25, -0.2) is 4.79 Å². The zero-order chi connectivity index (χ0) is 18.7. The lowest BCUT2D eigenvalue weighted by atomic mass is 9.95. The molecule has 2 aromatic rings. The molecule has 3 rings (SSSR count). The van der Waals surface area contributed by atoms with E-state index in [4.69, 9.17) is 9.47 Å². The molecule has 1 heterocycles. The summed E-state index contributed by atoms with van der Waals surface area (Å²) in [6.07, 6.45) is 4.24. The van der Waals surface area contributed by atoms with Gasteiger partial charge in [0.15, 0.2) is 0 Å². The first-order chi connectivity index (χ1) is 12.5. The molecule has 0 fully saturated rings. The van der Waals surface area contributed by atoms with E-state index in [0.717, 1.165) is 48.1 Å². The molecule has 1 N–H and O–H groups in total. The minimum Gasteiger partial charge on any atom is -0.496 e. The van der Waals surface area contributed by atoms with Gasteiger partial charge in [0, 0.05) is 4.88 Å². The van der Waals surface area contributed by atoms with Crippen LogP contribution in [0.1, 0.15) is 44.8 Å². The number of esters is 1. The molecule has 0 atom stereocenters. The summed E-state index contributed by atoms with van der Waals surface area (Å²) in [5.74, 6) is 0.284. The summed E-state index contributed by atoms with van der Waals surface area (Å²) in [7, 11) is 3.00. The first-order valence-corrected chi connectivity index (χ1v) is 9.51. The average Bonchev–Trinajstić information content (AvgIpc) is 2.98. The number of methoxy groups -OCH3 is 2. The highest BCUT2D eigenvalue weighted by Crippen LogP contribution is 2.38. The minimum absolute atomic E-state index is 0.140. The first-order valence-electron chi connectivity index (χ1n) is 8.69. The SMILES string of the molecule is COC(=O)c1c(NC(=O)Cc2ccc(OC)c(C)c2)sc2c1CCCC2. The summed E-state index contributed by atoms with van der Waals surface area (Å²) in [5, 5.41) is 3.54. The molecular weight excluding hydrogens is 350 g/mol. The van der Waals surface area contributed by atoms with Crippen molar-refractivity contribution in [2.45, 2.75) is 39.0 Å². The van der Waals surface area contributed by atoms with E-state index in [2.05, 4.69) is 5.32 Å². The van der Waals surface area contributed by atoms with Crippen molar-refractivity contribution in [1.82, 2.24) is 0 Å². The molecule has 1 amide bonds. The maximum atomic E-state index is 12.5. The number of benzene rings is 1. The van der Waals surface area contributed by atoms with Crippen molar-refractivity contribution in [2.24, 2.45) is 0 Å². The molecule has 1 aliphatic rings. The Morgan fingerprint density at radius 2 is 1.96 bits per heavy atom. The van der Waals surface area contributed by atoms with E-state index in [1.807, 2.05) is 25.1 Å². The van der Waals surface area contributed by atoms with E-state index in [1.165, 1.54) is 23.3 Å². The quantitative estimate of drug-likeness (QED) is 0.807. The van der Waals surface area contributed by atoms with Gasteiger partial charge in [-0.15, -0.1) is 11.3 Å². The molecular formula is C20H23NO4S. The largest absolute Gasteiger partial charge is 0.496 e. The van der Waals surface area contributed by atoms with Gasteiger partial charge >= 0.3 is 5.97 Å². The Hall–Kier alpha value is -2.34. The number of thiophene rings is 1. The minimum atomic E-state index is -0.375. The van der Waals surface area contributed by atoms with E-state index < -0.39 is 0 Å². The number of nitrogens with one attached hydrogen (secondary N) is 1. The molecule has 0 aliphatic heterocycles. The molecule has 1 aromatic carbocycles. The van der Waals surface area contributed by atoms with Crippen LogP contribution in [-0.4, -0.2) is 26.1 Å². The second kappa shape index (κ2) is 7.91. The van der Waals surface area contributed by atoms with Crippen LogP contribution in [0, 0.1) is 6.92 Å². The molecule has 1 aromatic heterocycles. The summed E-state index contributed by atoms with van der Waals surface area (Å²) < 4.78 is 10.2. The van der Waals surface area contributed by atoms with Crippen LogP contribution in [0.3, 0.4) is 0 Å². The number of aryl methyl sites for hydroxylation is 2. The predicted molar refractivity (Wildman–Crippen MR) is 102 cm³/mol. The lowest BCUT2D eigenvalue weighted by molar-refractivity contribution is -0.115. The van der Waals surface area contributed by atoms with Gasteiger partial charge in [0.05, 0.1) is 26.2 Å². The monoisotopic (exact) mass is 373 g/mol. The Morgan fingerprint density at radius 3 is 2.65 bits per heavy atom. The maximum absolute atomic E-state index is 12.5. The number of hydrogen-bond acceptors (Lipinski definition) is 5. The number of ether oxygens (including phenoxy) is 2. The van der Waals surface area contributed by atoms with E-state index in [1.54, 1.807) is 7.11 Å². The van der Waals surface area contributed by atoms with Crippen molar-refractivity contribution in [3.05, 3.63) is 45.3 Å². The van der Waals surface area contributed by atoms with Gasteiger partial charge < -0.3 is 14.8 Å². The molecule has 0 saturated heterocycles. The van der Waals surface area contributed by atoms with Gasteiger partial charge in [-0.1, -0.05) is 12.1 Å². The number of rotatable bonds is 5. The third-order valence-electron chi connectivity index (χ3n) is 4.64. The Balaban J connectivity index is 1.80. The fraction of sp³-hybridized carbons (Fsp3) is 0.400. The smallest absolute Gasteiger partial charge is 0.341 e. The van der Waals surface area contributed by atoms with E-state index in [0.29, 0.717) is 10.6 Å². The normalized spacial score (nSPS) is 13.0. The van der Waals surface area contributed by atoms with E-state index in [-0.39, 0.29) is 18.3 Å². The van der Waals surface area contributed by atoms with Gasteiger partial charge in [-0.2, -0.15) is 0 Å². The van der Waals surface area contributed by atoms with Crippen LogP contribution < -0.4 is 10.1 Å². The summed E-state index contributed by atoms with van der Waals surface area (Å²) >= 11 is 1.50. The van der Waals surface area contributed by atoms with Gasteiger partial charge in [0.25, 0.3) is 0 Å². The molecule has 5 nitrogen and oxygen atoms in total. The second-order valence-electron chi connectivity index (χ2n) is 6.44. The highest BCUT2D eigenvalue weighted by Gasteiger charge is 2.26. The molecule has 0 radical (unpaired) electrons. The zero-order valence-electron chi connectivity index (χ0n) is 15.3. The standard InChI is InChI=1S/C20H23NO4S/c1-12-10-13(8-9-15(12)24-2)11-17(22)21-19-18(20(23)25-3)14-6-4-5-7-16(14)26-19/h8-10H,4-7,11H2,1-3H3,(H,21,22). The predicted octanol–water partition coefficient (Wildman–Crippen LogP) is 3.91. The van der Waals surface area contributed by atoms with Crippen LogP contribution in [0.4, 0.5) is 5.00 Å². The molecule has 0 saturated carbocycles. The molecule has 0 unspecified atom stereocenters. The molecule has 138 valence electrons. The number of anilines is 1. The Kier molecular flexibility index (Phi) is 5.61. The molecule has 6 heteroatoms. The Labute approximate surface area is 157 Å². The topological polar surface area (TPSA) is 64.6 Å². The van der Waals surface area contributed by atoms with Crippen LogP contribution in [0.2, 0.25) is 0 Å². The third kappa shape index (κ3) is 3.75. The summed E-state index contributed by atoms with van der Waals surface area (Å²) in [6.45, 7) is 1.95. The third-order valence-corrected chi connectivity index (χ3v) is 5.84. The summed E-state index contributed by atoms with van der Waals surface area (Å²) in [5.41, 5.74) is 3.47. The first kappa shape index (κ1) is 18.5. The lowest BCUT2D eigenvalue weighted by Crippen LogP contribution is -2.16. The maximum Gasteiger partial charge on any atom is 0.341 e. The molecule has 0 spiro atoms. The van der Waals surface area contributed by atoms with Crippen LogP contribution in [0.15, 0.2) is 18.2 Å². The van der Waals surface area contributed by atoms with Crippen molar-refractivity contribution in [2.75, 3.05) is 19.5 Å².